The molecule has 0 radical (unpaired) electrons. The van der Waals surface area contributed by atoms with E-state index in [1.165, 1.54) is 4.90 Å². The number of hydrogen-bond acceptors (Lipinski definition) is 7. The van der Waals surface area contributed by atoms with Crippen LogP contribution in [0, 0.1) is 0 Å². The summed E-state index contributed by atoms with van der Waals surface area (Å²) in [6.45, 7) is 12.2. The minimum absolute atomic E-state index is 0.142. The third kappa shape index (κ3) is 7.30. The third-order valence-electron chi connectivity index (χ3n) is 8.51. The second-order valence-electron chi connectivity index (χ2n) is 14.5. The number of hydrogen-bond donors (Lipinski definition) is 2. The number of aromatic nitrogens is 3. The summed E-state index contributed by atoms with van der Waals surface area (Å²) in [4.78, 5) is 54.6. The molecule has 0 saturated carbocycles. The van der Waals surface area contributed by atoms with Gasteiger partial charge in [-0.05, 0) is 101 Å². The molecule has 2 N–H and O–H groups in total. The van der Waals surface area contributed by atoms with Crippen LogP contribution in [0.25, 0.3) is 33.2 Å². The lowest BCUT2D eigenvalue weighted by Crippen LogP contribution is -2.45. The van der Waals surface area contributed by atoms with E-state index in [9.17, 15) is 14.4 Å². The number of anilines is 1. The zero-order valence-electron chi connectivity index (χ0n) is 28.5. The number of carbonyl (C=O) groups excluding carboxylic acids is 3. The molecule has 4 heterocycles. The second-order valence-corrected chi connectivity index (χ2v) is 14.5. The molecular formula is C37H44N6O5. The molecule has 0 unspecified atom stereocenters. The molecule has 4 aromatic rings. The Morgan fingerprint density at radius 2 is 1.42 bits per heavy atom. The molecule has 3 amide bonds. The van der Waals surface area contributed by atoms with Crippen LogP contribution in [0.2, 0.25) is 0 Å². The molecule has 11 nitrogen and oxygen atoms in total. The van der Waals surface area contributed by atoms with Crippen LogP contribution in [0.15, 0.2) is 60.9 Å². The van der Waals surface area contributed by atoms with E-state index in [0.29, 0.717) is 25.3 Å². The first-order chi connectivity index (χ1) is 22.8. The van der Waals surface area contributed by atoms with Crippen LogP contribution in [-0.4, -0.2) is 73.2 Å². The largest absolute Gasteiger partial charge is 0.444 e. The average Bonchev–Trinajstić information content (AvgIpc) is 3.80. The third-order valence-corrected chi connectivity index (χ3v) is 8.51. The molecule has 2 aliphatic rings. The number of aromatic amines is 1. The summed E-state index contributed by atoms with van der Waals surface area (Å²) >= 11 is 0. The van der Waals surface area contributed by atoms with Gasteiger partial charge in [0.25, 0.3) is 0 Å². The predicted molar refractivity (Wildman–Crippen MR) is 184 cm³/mol. The summed E-state index contributed by atoms with van der Waals surface area (Å²) in [6.07, 6.45) is 5.73. The van der Waals surface area contributed by atoms with Gasteiger partial charge in [-0.3, -0.25) is 14.6 Å². The molecule has 2 aromatic heterocycles. The maximum Gasteiger partial charge on any atom is 0.410 e. The van der Waals surface area contributed by atoms with Gasteiger partial charge in [-0.1, -0.05) is 36.4 Å². The molecule has 2 fully saturated rings. The van der Waals surface area contributed by atoms with E-state index >= 15 is 0 Å². The van der Waals surface area contributed by atoms with E-state index in [-0.39, 0.29) is 18.0 Å². The molecule has 2 atom stereocenters. The Morgan fingerprint density at radius 1 is 0.792 bits per heavy atom. The van der Waals surface area contributed by atoms with Crippen LogP contribution in [0.5, 0.6) is 0 Å². The van der Waals surface area contributed by atoms with Crippen molar-refractivity contribution in [2.75, 3.05) is 18.4 Å². The smallest absolute Gasteiger partial charge is 0.410 e. The number of H-pyrrole nitrogens is 1. The fourth-order valence-corrected chi connectivity index (χ4v) is 6.32. The van der Waals surface area contributed by atoms with Crippen LogP contribution < -0.4 is 5.32 Å². The summed E-state index contributed by atoms with van der Waals surface area (Å²) < 4.78 is 11.1. The van der Waals surface area contributed by atoms with Crippen molar-refractivity contribution >= 4 is 34.7 Å². The number of imidazole rings is 1. The van der Waals surface area contributed by atoms with Gasteiger partial charge in [-0.25, -0.2) is 19.6 Å². The minimum atomic E-state index is -0.638. The summed E-state index contributed by atoms with van der Waals surface area (Å²) in [5.41, 5.74) is 2.73. The number of likely N-dealkylation sites (tertiary alicyclic amines) is 2. The zero-order chi connectivity index (χ0) is 34.2. The van der Waals surface area contributed by atoms with Crippen LogP contribution in [0.1, 0.15) is 79.1 Å². The van der Waals surface area contributed by atoms with Crippen LogP contribution in [0.4, 0.5) is 15.4 Å². The quantitative estimate of drug-likeness (QED) is 0.226. The number of nitrogens with one attached hydrogen (secondary N) is 2. The number of fused-ring (bicyclic) bond motifs is 1. The summed E-state index contributed by atoms with van der Waals surface area (Å²) in [5, 5.41) is 4.71. The van der Waals surface area contributed by atoms with E-state index in [4.69, 9.17) is 9.47 Å². The molecule has 0 bridgehead atoms. The van der Waals surface area contributed by atoms with Gasteiger partial charge < -0.3 is 19.8 Å². The van der Waals surface area contributed by atoms with E-state index in [2.05, 4.69) is 38.5 Å². The van der Waals surface area contributed by atoms with Gasteiger partial charge in [-0.15, -0.1) is 0 Å². The van der Waals surface area contributed by atoms with Gasteiger partial charge >= 0.3 is 12.2 Å². The number of pyridine rings is 1. The first-order valence-electron chi connectivity index (χ1n) is 16.6. The monoisotopic (exact) mass is 652 g/mol. The van der Waals surface area contributed by atoms with E-state index in [1.807, 2.05) is 78.1 Å². The van der Waals surface area contributed by atoms with Crippen LogP contribution >= 0.6 is 0 Å². The highest BCUT2D eigenvalue weighted by molar-refractivity contribution is 6.04. The van der Waals surface area contributed by atoms with Crippen LogP contribution in [-0.2, 0) is 14.3 Å². The standard InChI is InChI=1S/C37H44N6O5/c1-36(2,3)47-34(45)42-19-7-9-29(42)32-39-22-28(40-32)24-13-11-23(12-14-24)25-15-16-27-26(21-25)17-18-38-31(27)41-33(44)30-10-8-20-43(30)35(46)48-37(4,5)6/h11-18,21-22,29-30H,7-10,19-20H2,1-6H3,(H,39,40)(H,38,41,44)/t29-,30+/m1/s1. The topological polar surface area (TPSA) is 130 Å². The molecule has 0 aliphatic carbocycles. The van der Waals surface area contributed by atoms with Gasteiger partial charge in [0, 0.05) is 24.7 Å². The van der Waals surface area contributed by atoms with Gasteiger partial charge in [0.1, 0.15) is 28.9 Å². The van der Waals surface area contributed by atoms with Crippen molar-refractivity contribution in [2.45, 2.75) is 90.5 Å². The normalized spacial score (nSPS) is 18.3. The van der Waals surface area contributed by atoms with Gasteiger partial charge in [-0.2, -0.15) is 0 Å². The molecule has 2 aromatic carbocycles. The van der Waals surface area contributed by atoms with Crippen LogP contribution in [0.3, 0.4) is 0 Å². The molecule has 6 rings (SSSR count). The zero-order valence-corrected chi connectivity index (χ0v) is 28.5. The van der Waals surface area contributed by atoms with Gasteiger partial charge in [0.15, 0.2) is 0 Å². The highest BCUT2D eigenvalue weighted by atomic mass is 16.6. The Bertz CT molecular complexity index is 1820. The molecule has 2 saturated heterocycles. The van der Waals surface area contributed by atoms with Gasteiger partial charge in [0.05, 0.1) is 17.9 Å². The Labute approximate surface area is 281 Å². The number of carbonyl (C=O) groups is 3. The van der Waals surface area contributed by atoms with E-state index in [1.54, 1.807) is 11.1 Å². The molecule has 48 heavy (non-hydrogen) atoms. The second kappa shape index (κ2) is 12.9. The number of benzene rings is 2. The maximum absolute atomic E-state index is 13.3. The lowest BCUT2D eigenvalue weighted by atomic mass is 10.00. The van der Waals surface area contributed by atoms with Gasteiger partial charge in [0.2, 0.25) is 5.91 Å². The first kappa shape index (κ1) is 33.0. The van der Waals surface area contributed by atoms with Crippen molar-refractivity contribution in [1.29, 1.82) is 0 Å². The Hall–Kier alpha value is -4.93. The fourth-order valence-electron chi connectivity index (χ4n) is 6.32. The highest BCUT2D eigenvalue weighted by Crippen LogP contribution is 2.34. The predicted octanol–water partition coefficient (Wildman–Crippen LogP) is 7.70. The molecule has 2 aliphatic heterocycles. The van der Waals surface area contributed by atoms with Crippen molar-refractivity contribution in [3.8, 4) is 22.4 Å². The summed E-state index contributed by atoms with van der Waals surface area (Å²) in [6, 6.07) is 15.4. The maximum atomic E-state index is 13.3. The lowest BCUT2D eigenvalue weighted by Gasteiger charge is -2.28. The number of nitrogens with zero attached hydrogens (tertiary/aromatic N) is 4. The average molecular weight is 653 g/mol. The number of ether oxygens (including phenoxy) is 2. The first-order valence-corrected chi connectivity index (χ1v) is 16.6. The minimum Gasteiger partial charge on any atom is -0.444 e. The van der Waals surface area contributed by atoms with E-state index in [0.717, 1.165) is 58.2 Å². The molecule has 11 heteroatoms. The summed E-state index contributed by atoms with van der Waals surface area (Å²) in [7, 11) is 0. The fraction of sp³-hybridized carbons (Fsp3) is 0.432. The molecule has 0 spiro atoms. The van der Waals surface area contributed by atoms with Crippen molar-refractivity contribution in [3.63, 3.8) is 0 Å². The lowest BCUT2D eigenvalue weighted by molar-refractivity contribution is -0.120. The highest BCUT2D eigenvalue weighted by Gasteiger charge is 2.37. The SMILES string of the molecule is CC(C)(C)OC(=O)N1CCC[C@@H]1c1ncc(-c2ccc(-c3ccc4c(NC(=O)[C@@H]5CCCN5C(=O)OC(C)(C)C)nccc4c3)cc2)[nH]1. The van der Waals surface area contributed by atoms with E-state index < -0.39 is 23.3 Å². The molecule has 252 valence electrons. The molecular weight excluding hydrogens is 608 g/mol. The van der Waals surface area contributed by atoms with Crippen molar-refractivity contribution in [2.24, 2.45) is 0 Å². The Balaban J connectivity index is 1.15. The Morgan fingerprint density at radius 3 is 2.12 bits per heavy atom. The van der Waals surface area contributed by atoms with Crippen molar-refractivity contribution in [1.82, 2.24) is 24.8 Å². The number of rotatable bonds is 5. The Kier molecular flexibility index (Phi) is 8.89. The van der Waals surface area contributed by atoms with Crippen molar-refractivity contribution in [3.05, 3.63) is 66.7 Å². The van der Waals surface area contributed by atoms with Crippen molar-refractivity contribution < 1.29 is 23.9 Å². The summed E-state index contributed by atoms with van der Waals surface area (Å²) in [5.74, 6) is 0.942. The number of amides is 3.